The Morgan fingerprint density at radius 1 is 0.309 bits per heavy atom. The topological polar surface area (TPSA) is 3.24 Å². The van der Waals surface area contributed by atoms with Gasteiger partial charge in [0, 0.05) is 27.9 Å². The van der Waals surface area contributed by atoms with Crippen LogP contribution in [-0.4, -0.2) is 0 Å². The number of nitrogens with zero attached hydrogens (tertiary/aromatic N) is 1. The molecular formula is C54H41N. The fraction of sp³-hybridized carbons (Fsp3) is 0.111. The molecule has 0 saturated carbocycles. The van der Waals surface area contributed by atoms with Crippen molar-refractivity contribution in [1.29, 1.82) is 0 Å². The van der Waals surface area contributed by atoms with E-state index in [4.69, 9.17) is 0 Å². The molecule has 1 nitrogen and oxygen atoms in total. The van der Waals surface area contributed by atoms with Crippen LogP contribution in [0.5, 0.6) is 0 Å². The van der Waals surface area contributed by atoms with E-state index in [2.05, 4.69) is 209 Å². The molecule has 55 heavy (non-hydrogen) atoms. The summed E-state index contributed by atoms with van der Waals surface area (Å²) in [7, 11) is 0. The van der Waals surface area contributed by atoms with Crippen molar-refractivity contribution in [2.45, 2.75) is 38.5 Å². The zero-order valence-corrected chi connectivity index (χ0v) is 31.7. The standard InChI is InChI=1S/C54H41N/c1-53(2)49-24-14-12-22-43(49)45-29-27-36(33-51(45)53)55(35-26-28-42-40-20-9-8-18-38(40)39-19-10-11-21-41(39)47(42)30-35)37-31-46(34-16-6-5-7-17-34)52-48(32-37)44-23-13-15-25-50(44)54(52,3)4/h5-33H,1-4H3. The van der Waals surface area contributed by atoms with Gasteiger partial charge in [-0.2, -0.15) is 0 Å². The highest BCUT2D eigenvalue weighted by molar-refractivity contribution is 6.25. The molecule has 2 aliphatic rings. The lowest BCUT2D eigenvalue weighted by Gasteiger charge is -2.31. The van der Waals surface area contributed by atoms with Crippen LogP contribution < -0.4 is 4.90 Å². The molecule has 0 bridgehead atoms. The Morgan fingerprint density at radius 3 is 1.45 bits per heavy atom. The minimum atomic E-state index is -0.146. The molecule has 0 atom stereocenters. The smallest absolute Gasteiger partial charge is 0.0474 e. The number of hydrogen-bond donors (Lipinski definition) is 0. The maximum atomic E-state index is 2.52. The highest BCUT2D eigenvalue weighted by Crippen LogP contribution is 2.56. The SMILES string of the molecule is CC1(C)c2ccccc2-c2ccc(N(c3cc(-c4ccccc4)c4c(c3)-c3ccccc3C4(C)C)c3ccc4c5ccccc5c5ccccc5c4c3)cc21. The molecule has 0 heterocycles. The lowest BCUT2D eigenvalue weighted by Crippen LogP contribution is -2.18. The predicted molar refractivity (Wildman–Crippen MR) is 234 cm³/mol. The average Bonchev–Trinajstić information content (AvgIpc) is 3.60. The van der Waals surface area contributed by atoms with Gasteiger partial charge in [-0.15, -0.1) is 0 Å². The Kier molecular flexibility index (Phi) is 6.72. The van der Waals surface area contributed by atoms with E-state index in [0.29, 0.717) is 0 Å². The summed E-state index contributed by atoms with van der Waals surface area (Å²) >= 11 is 0. The van der Waals surface area contributed by atoms with Gasteiger partial charge in [-0.1, -0.05) is 167 Å². The van der Waals surface area contributed by atoms with Gasteiger partial charge >= 0.3 is 0 Å². The summed E-state index contributed by atoms with van der Waals surface area (Å²) in [6.45, 7) is 9.53. The van der Waals surface area contributed by atoms with Crippen LogP contribution in [0.15, 0.2) is 176 Å². The third-order valence-corrected chi connectivity index (χ3v) is 12.8. The van der Waals surface area contributed by atoms with Crippen molar-refractivity contribution in [3.63, 3.8) is 0 Å². The quantitative estimate of drug-likeness (QED) is 0.165. The van der Waals surface area contributed by atoms with Crippen LogP contribution in [-0.2, 0) is 10.8 Å². The van der Waals surface area contributed by atoms with Crippen LogP contribution >= 0.6 is 0 Å². The van der Waals surface area contributed by atoms with Crippen LogP contribution in [0.4, 0.5) is 17.1 Å². The number of benzene rings is 9. The fourth-order valence-corrected chi connectivity index (χ4v) is 10.2. The molecule has 262 valence electrons. The molecule has 0 amide bonds. The van der Waals surface area contributed by atoms with Crippen molar-refractivity contribution in [3.8, 4) is 33.4 Å². The summed E-state index contributed by atoms with van der Waals surface area (Å²) in [6, 6.07) is 65.9. The normalized spacial score (nSPS) is 14.5. The fourth-order valence-electron chi connectivity index (χ4n) is 10.2. The van der Waals surface area contributed by atoms with Gasteiger partial charge in [-0.3, -0.25) is 0 Å². The molecule has 2 aliphatic carbocycles. The first kappa shape index (κ1) is 32.0. The van der Waals surface area contributed by atoms with Crippen molar-refractivity contribution < 1.29 is 0 Å². The van der Waals surface area contributed by atoms with E-state index in [9.17, 15) is 0 Å². The van der Waals surface area contributed by atoms with E-state index in [1.165, 1.54) is 88.0 Å². The monoisotopic (exact) mass is 703 g/mol. The summed E-state index contributed by atoms with van der Waals surface area (Å²) in [5.74, 6) is 0. The van der Waals surface area contributed by atoms with E-state index in [0.717, 1.165) is 17.1 Å². The largest absolute Gasteiger partial charge is 0.310 e. The highest BCUT2D eigenvalue weighted by Gasteiger charge is 2.39. The lowest BCUT2D eigenvalue weighted by molar-refractivity contribution is 0.660. The van der Waals surface area contributed by atoms with Crippen LogP contribution in [0.25, 0.3) is 65.7 Å². The first-order chi connectivity index (χ1) is 26.8. The molecule has 0 unspecified atom stereocenters. The number of fused-ring (bicyclic) bond motifs is 12. The summed E-state index contributed by atoms with van der Waals surface area (Å²) < 4.78 is 0. The Balaban J connectivity index is 1.23. The third kappa shape index (κ3) is 4.53. The number of anilines is 3. The molecule has 9 aromatic rings. The molecule has 0 aliphatic heterocycles. The summed E-state index contributed by atoms with van der Waals surface area (Å²) in [5, 5.41) is 7.68. The van der Waals surface area contributed by atoms with Gasteiger partial charge in [0.15, 0.2) is 0 Å². The van der Waals surface area contributed by atoms with Gasteiger partial charge in [0.1, 0.15) is 0 Å². The molecule has 0 fully saturated rings. The summed E-state index contributed by atoms with van der Waals surface area (Å²) in [6.07, 6.45) is 0. The number of rotatable bonds is 4. The van der Waals surface area contributed by atoms with Crippen LogP contribution in [0.3, 0.4) is 0 Å². The minimum Gasteiger partial charge on any atom is -0.310 e. The van der Waals surface area contributed by atoms with Crippen molar-refractivity contribution in [1.82, 2.24) is 0 Å². The van der Waals surface area contributed by atoms with Crippen LogP contribution in [0, 0.1) is 0 Å². The van der Waals surface area contributed by atoms with E-state index >= 15 is 0 Å². The third-order valence-electron chi connectivity index (χ3n) is 12.8. The van der Waals surface area contributed by atoms with Gasteiger partial charge in [-0.05, 0) is 124 Å². The minimum absolute atomic E-state index is 0.123. The molecule has 0 N–H and O–H groups in total. The van der Waals surface area contributed by atoms with Gasteiger partial charge in [0.25, 0.3) is 0 Å². The zero-order chi connectivity index (χ0) is 37.1. The molecule has 11 rings (SSSR count). The Morgan fingerprint density at radius 2 is 0.782 bits per heavy atom. The van der Waals surface area contributed by atoms with Crippen LogP contribution in [0.2, 0.25) is 0 Å². The Bertz CT molecular complexity index is 3000. The van der Waals surface area contributed by atoms with E-state index in [-0.39, 0.29) is 10.8 Å². The van der Waals surface area contributed by atoms with Crippen molar-refractivity contribution in [3.05, 3.63) is 198 Å². The molecule has 1 heteroatoms. The van der Waals surface area contributed by atoms with Crippen molar-refractivity contribution >= 4 is 49.4 Å². The molecule has 0 saturated heterocycles. The second-order valence-corrected chi connectivity index (χ2v) is 16.5. The van der Waals surface area contributed by atoms with E-state index in [1.807, 2.05) is 0 Å². The summed E-state index contributed by atoms with van der Waals surface area (Å²) in [5.41, 5.74) is 16.5. The summed E-state index contributed by atoms with van der Waals surface area (Å²) in [4.78, 5) is 2.52. The van der Waals surface area contributed by atoms with Crippen LogP contribution in [0.1, 0.15) is 49.9 Å². The second-order valence-electron chi connectivity index (χ2n) is 16.5. The van der Waals surface area contributed by atoms with E-state index in [1.54, 1.807) is 0 Å². The molecule has 0 spiro atoms. The zero-order valence-electron chi connectivity index (χ0n) is 31.7. The van der Waals surface area contributed by atoms with Gasteiger partial charge in [-0.25, -0.2) is 0 Å². The first-order valence-corrected chi connectivity index (χ1v) is 19.5. The van der Waals surface area contributed by atoms with E-state index < -0.39 is 0 Å². The van der Waals surface area contributed by atoms with Gasteiger partial charge in [0.2, 0.25) is 0 Å². The number of hydrogen-bond acceptors (Lipinski definition) is 1. The molecule has 9 aromatic carbocycles. The molecule has 0 radical (unpaired) electrons. The van der Waals surface area contributed by atoms with Crippen molar-refractivity contribution in [2.75, 3.05) is 4.90 Å². The maximum Gasteiger partial charge on any atom is 0.0474 e. The first-order valence-electron chi connectivity index (χ1n) is 19.5. The van der Waals surface area contributed by atoms with Gasteiger partial charge < -0.3 is 4.90 Å². The highest BCUT2D eigenvalue weighted by atomic mass is 15.1. The predicted octanol–water partition coefficient (Wildman–Crippen LogP) is 14.9. The maximum absolute atomic E-state index is 2.52. The van der Waals surface area contributed by atoms with Crippen molar-refractivity contribution in [2.24, 2.45) is 0 Å². The lowest BCUT2D eigenvalue weighted by atomic mass is 9.78. The average molecular weight is 704 g/mol. The van der Waals surface area contributed by atoms with Gasteiger partial charge in [0.05, 0.1) is 0 Å². The second kappa shape index (κ2) is 11.5. The Hall–Kier alpha value is -6.44. The Labute approximate surface area is 323 Å². The molecule has 0 aromatic heterocycles. The molecular weight excluding hydrogens is 663 g/mol.